The van der Waals surface area contributed by atoms with Crippen molar-refractivity contribution in [1.82, 2.24) is 9.80 Å². The highest BCUT2D eigenvalue weighted by molar-refractivity contribution is 5.94. The average Bonchev–Trinajstić information content (AvgIpc) is 2.67. The minimum Gasteiger partial charge on any atom is -0.484 e. The van der Waals surface area contributed by atoms with E-state index < -0.39 is 5.82 Å². The summed E-state index contributed by atoms with van der Waals surface area (Å²) in [6.07, 6.45) is 0. The van der Waals surface area contributed by atoms with Gasteiger partial charge in [-0.3, -0.25) is 9.59 Å². The highest BCUT2D eigenvalue weighted by Gasteiger charge is 2.26. The summed E-state index contributed by atoms with van der Waals surface area (Å²) >= 11 is 0. The standard InChI is InChI=1S/C21H23FN2O3/c1-15-7-8-19(16(2)13-15)27-14-20(25)23-9-11-24(12-10-23)21(26)17-5-3-4-6-18(17)22/h3-8,13H,9-12,14H2,1-2H3. The van der Waals surface area contributed by atoms with E-state index in [4.69, 9.17) is 4.74 Å². The van der Waals surface area contributed by atoms with Gasteiger partial charge < -0.3 is 14.5 Å². The largest absolute Gasteiger partial charge is 0.484 e. The molecule has 0 radical (unpaired) electrons. The van der Waals surface area contributed by atoms with Crippen LogP contribution in [0.3, 0.4) is 0 Å². The number of amides is 2. The van der Waals surface area contributed by atoms with Crippen LogP contribution in [-0.4, -0.2) is 54.4 Å². The van der Waals surface area contributed by atoms with Gasteiger partial charge in [0.1, 0.15) is 11.6 Å². The Labute approximate surface area is 158 Å². The Balaban J connectivity index is 1.52. The van der Waals surface area contributed by atoms with Gasteiger partial charge in [0.05, 0.1) is 5.56 Å². The Morgan fingerprint density at radius 3 is 2.33 bits per heavy atom. The van der Waals surface area contributed by atoms with E-state index in [-0.39, 0.29) is 24.0 Å². The Morgan fingerprint density at radius 1 is 1.00 bits per heavy atom. The third kappa shape index (κ3) is 4.45. The summed E-state index contributed by atoms with van der Waals surface area (Å²) in [7, 11) is 0. The van der Waals surface area contributed by atoms with Gasteiger partial charge in [-0.1, -0.05) is 29.8 Å². The lowest BCUT2D eigenvalue weighted by molar-refractivity contribution is -0.134. The number of halogens is 1. The summed E-state index contributed by atoms with van der Waals surface area (Å²) in [6.45, 7) is 5.49. The van der Waals surface area contributed by atoms with Crippen molar-refractivity contribution in [3.8, 4) is 5.75 Å². The third-order valence-electron chi connectivity index (χ3n) is 4.71. The van der Waals surface area contributed by atoms with Crippen LogP contribution in [0.4, 0.5) is 4.39 Å². The Hall–Kier alpha value is -2.89. The van der Waals surface area contributed by atoms with Crippen molar-refractivity contribution in [3.63, 3.8) is 0 Å². The molecule has 0 N–H and O–H groups in total. The molecule has 1 saturated heterocycles. The number of hydrogen-bond acceptors (Lipinski definition) is 3. The molecule has 1 heterocycles. The van der Waals surface area contributed by atoms with E-state index in [1.807, 2.05) is 32.0 Å². The Kier molecular flexibility index (Phi) is 5.74. The Morgan fingerprint density at radius 2 is 1.67 bits per heavy atom. The monoisotopic (exact) mass is 370 g/mol. The summed E-state index contributed by atoms with van der Waals surface area (Å²) < 4.78 is 19.4. The fraction of sp³-hybridized carbons (Fsp3) is 0.333. The predicted molar refractivity (Wildman–Crippen MR) is 100 cm³/mol. The second-order valence-electron chi connectivity index (χ2n) is 6.71. The second-order valence-corrected chi connectivity index (χ2v) is 6.71. The molecule has 5 nitrogen and oxygen atoms in total. The first-order valence-corrected chi connectivity index (χ1v) is 8.97. The third-order valence-corrected chi connectivity index (χ3v) is 4.71. The maximum absolute atomic E-state index is 13.8. The SMILES string of the molecule is Cc1ccc(OCC(=O)N2CCN(C(=O)c3ccccc3F)CC2)c(C)c1. The number of nitrogens with zero attached hydrogens (tertiary/aromatic N) is 2. The molecule has 0 spiro atoms. The molecule has 1 fully saturated rings. The van der Waals surface area contributed by atoms with Crippen LogP contribution in [-0.2, 0) is 4.79 Å². The van der Waals surface area contributed by atoms with E-state index in [2.05, 4.69) is 0 Å². The van der Waals surface area contributed by atoms with Crippen LogP contribution in [0.25, 0.3) is 0 Å². The molecular weight excluding hydrogens is 347 g/mol. The van der Waals surface area contributed by atoms with E-state index in [1.54, 1.807) is 21.9 Å². The topological polar surface area (TPSA) is 49.9 Å². The molecule has 27 heavy (non-hydrogen) atoms. The highest BCUT2D eigenvalue weighted by atomic mass is 19.1. The van der Waals surface area contributed by atoms with Crippen molar-refractivity contribution in [2.45, 2.75) is 13.8 Å². The van der Waals surface area contributed by atoms with Crippen LogP contribution in [0.5, 0.6) is 5.75 Å². The van der Waals surface area contributed by atoms with E-state index in [0.717, 1.165) is 11.1 Å². The normalized spacial score (nSPS) is 14.2. The first-order chi connectivity index (χ1) is 13.0. The van der Waals surface area contributed by atoms with E-state index >= 15 is 0 Å². The fourth-order valence-electron chi connectivity index (χ4n) is 3.16. The molecule has 3 rings (SSSR count). The number of benzene rings is 2. The lowest BCUT2D eigenvalue weighted by Gasteiger charge is -2.34. The van der Waals surface area contributed by atoms with Crippen molar-refractivity contribution in [2.24, 2.45) is 0 Å². The molecule has 0 aliphatic carbocycles. The minimum atomic E-state index is -0.525. The van der Waals surface area contributed by atoms with E-state index in [9.17, 15) is 14.0 Å². The van der Waals surface area contributed by atoms with Crippen molar-refractivity contribution >= 4 is 11.8 Å². The number of hydrogen-bond donors (Lipinski definition) is 0. The van der Waals surface area contributed by atoms with Crippen LogP contribution >= 0.6 is 0 Å². The second kappa shape index (κ2) is 8.20. The van der Waals surface area contributed by atoms with Crippen molar-refractivity contribution in [3.05, 3.63) is 65.0 Å². The van der Waals surface area contributed by atoms with Gasteiger partial charge in [0.2, 0.25) is 0 Å². The maximum Gasteiger partial charge on any atom is 0.260 e. The molecule has 0 unspecified atom stereocenters. The smallest absolute Gasteiger partial charge is 0.260 e. The van der Waals surface area contributed by atoms with Crippen LogP contribution < -0.4 is 4.74 Å². The molecular formula is C21H23FN2O3. The molecule has 1 aliphatic heterocycles. The molecule has 0 aromatic heterocycles. The van der Waals surface area contributed by atoms with Crippen LogP contribution in [0.1, 0.15) is 21.5 Å². The van der Waals surface area contributed by atoms with Gasteiger partial charge in [0.25, 0.3) is 11.8 Å². The molecule has 2 aromatic carbocycles. The summed E-state index contributed by atoms with van der Waals surface area (Å²) in [5.74, 6) is -0.287. The minimum absolute atomic E-state index is 0.0365. The van der Waals surface area contributed by atoms with Crippen molar-refractivity contribution < 1.29 is 18.7 Å². The predicted octanol–water partition coefficient (Wildman–Crippen LogP) is 2.81. The first-order valence-electron chi connectivity index (χ1n) is 8.97. The summed E-state index contributed by atoms with van der Waals surface area (Å²) in [6, 6.07) is 11.8. The zero-order valence-corrected chi connectivity index (χ0v) is 15.6. The number of carbonyl (C=O) groups excluding carboxylic acids is 2. The zero-order chi connectivity index (χ0) is 19.4. The Bertz CT molecular complexity index is 845. The zero-order valence-electron chi connectivity index (χ0n) is 15.6. The lowest BCUT2D eigenvalue weighted by Crippen LogP contribution is -2.51. The highest BCUT2D eigenvalue weighted by Crippen LogP contribution is 2.19. The number of carbonyl (C=O) groups is 2. The molecule has 1 aliphatic rings. The van der Waals surface area contributed by atoms with Gasteiger partial charge in [-0.2, -0.15) is 0 Å². The number of rotatable bonds is 4. The maximum atomic E-state index is 13.8. The fourth-order valence-corrected chi connectivity index (χ4v) is 3.16. The van der Waals surface area contributed by atoms with Crippen LogP contribution in [0.2, 0.25) is 0 Å². The number of ether oxygens (including phenoxy) is 1. The van der Waals surface area contributed by atoms with Gasteiger partial charge in [-0.15, -0.1) is 0 Å². The summed E-state index contributed by atoms with van der Waals surface area (Å²) in [4.78, 5) is 28.1. The molecule has 0 atom stereocenters. The number of piperazine rings is 1. The van der Waals surface area contributed by atoms with Crippen LogP contribution in [0.15, 0.2) is 42.5 Å². The summed E-state index contributed by atoms with van der Waals surface area (Å²) in [5.41, 5.74) is 2.19. The quantitative estimate of drug-likeness (QED) is 0.832. The van der Waals surface area contributed by atoms with E-state index in [0.29, 0.717) is 31.9 Å². The molecule has 0 saturated carbocycles. The first kappa shape index (κ1) is 18.9. The van der Waals surface area contributed by atoms with Crippen LogP contribution in [0, 0.1) is 19.7 Å². The van der Waals surface area contributed by atoms with E-state index in [1.165, 1.54) is 12.1 Å². The molecule has 0 bridgehead atoms. The van der Waals surface area contributed by atoms with Gasteiger partial charge in [-0.25, -0.2) is 4.39 Å². The molecule has 6 heteroatoms. The average molecular weight is 370 g/mol. The van der Waals surface area contributed by atoms with Crippen molar-refractivity contribution in [2.75, 3.05) is 32.8 Å². The molecule has 2 aromatic rings. The van der Waals surface area contributed by atoms with Crippen molar-refractivity contribution in [1.29, 1.82) is 0 Å². The van der Waals surface area contributed by atoms with Gasteiger partial charge >= 0.3 is 0 Å². The van der Waals surface area contributed by atoms with Gasteiger partial charge in [0.15, 0.2) is 6.61 Å². The summed E-state index contributed by atoms with van der Waals surface area (Å²) in [5, 5.41) is 0. The molecule has 2 amide bonds. The van der Waals surface area contributed by atoms with Gasteiger partial charge in [0, 0.05) is 26.2 Å². The van der Waals surface area contributed by atoms with Gasteiger partial charge in [-0.05, 0) is 37.6 Å². The molecule has 142 valence electrons. The number of aryl methyl sites for hydroxylation is 2. The lowest BCUT2D eigenvalue weighted by atomic mass is 10.1.